The van der Waals surface area contributed by atoms with Crippen LogP contribution in [0.5, 0.6) is 0 Å². The first kappa shape index (κ1) is 14.6. The zero-order valence-electron chi connectivity index (χ0n) is 12.1. The van der Waals surface area contributed by atoms with Crippen LogP contribution in [0.15, 0.2) is 18.2 Å². The second-order valence-electron chi connectivity index (χ2n) is 5.35. The summed E-state index contributed by atoms with van der Waals surface area (Å²) in [6, 6.07) is 6.07. The molecule has 0 saturated carbocycles. The Kier molecular flexibility index (Phi) is 4.42. The lowest BCUT2D eigenvalue weighted by Gasteiger charge is -2.23. The number of hydrogen-bond donors (Lipinski definition) is 1. The van der Waals surface area contributed by atoms with E-state index >= 15 is 0 Å². The van der Waals surface area contributed by atoms with Crippen molar-refractivity contribution in [1.29, 1.82) is 0 Å². The Bertz CT molecular complexity index is 524. The molecular formula is C16H21NO3. The number of fused-ring (bicyclic) bond motifs is 1. The van der Waals surface area contributed by atoms with Gasteiger partial charge in [0, 0.05) is 19.2 Å². The minimum Gasteiger partial charge on any atom is -0.481 e. The van der Waals surface area contributed by atoms with Crippen molar-refractivity contribution >= 4 is 17.6 Å². The molecule has 0 saturated heterocycles. The first-order valence-corrected chi connectivity index (χ1v) is 7.15. The molecule has 108 valence electrons. The Morgan fingerprint density at radius 3 is 2.75 bits per heavy atom. The van der Waals surface area contributed by atoms with E-state index < -0.39 is 5.97 Å². The highest BCUT2D eigenvalue weighted by Gasteiger charge is 2.26. The minimum absolute atomic E-state index is 0.00153. The number of benzene rings is 1. The zero-order valence-corrected chi connectivity index (χ0v) is 12.1. The molecule has 0 aliphatic carbocycles. The molecule has 1 amide bonds. The van der Waals surface area contributed by atoms with E-state index in [1.54, 1.807) is 11.8 Å². The molecule has 1 aliphatic rings. The number of carboxylic acids is 1. The number of aliphatic carboxylic acids is 1. The van der Waals surface area contributed by atoms with E-state index in [4.69, 9.17) is 5.11 Å². The first-order valence-electron chi connectivity index (χ1n) is 7.15. The van der Waals surface area contributed by atoms with Gasteiger partial charge in [-0.15, -0.1) is 0 Å². The van der Waals surface area contributed by atoms with Crippen molar-refractivity contribution in [3.05, 3.63) is 29.3 Å². The van der Waals surface area contributed by atoms with Crippen LogP contribution in [0.1, 0.15) is 50.2 Å². The van der Waals surface area contributed by atoms with Crippen molar-refractivity contribution in [3.8, 4) is 0 Å². The number of nitrogens with zero attached hydrogens (tertiary/aromatic N) is 1. The molecule has 0 aromatic heterocycles. The van der Waals surface area contributed by atoms with Gasteiger partial charge in [0.1, 0.15) is 0 Å². The van der Waals surface area contributed by atoms with Crippen molar-refractivity contribution in [1.82, 2.24) is 0 Å². The smallest absolute Gasteiger partial charge is 0.303 e. The molecule has 1 atom stereocenters. The van der Waals surface area contributed by atoms with Gasteiger partial charge in [0.05, 0.1) is 6.42 Å². The Morgan fingerprint density at radius 1 is 1.40 bits per heavy atom. The summed E-state index contributed by atoms with van der Waals surface area (Å²) in [5.74, 6) is -0.760. The predicted octanol–water partition coefficient (Wildman–Crippen LogP) is 2.95. The second-order valence-corrected chi connectivity index (χ2v) is 5.35. The fraction of sp³-hybridized carbons (Fsp3) is 0.500. The number of carbonyl (C=O) groups excluding carboxylic acids is 1. The van der Waals surface area contributed by atoms with Gasteiger partial charge >= 0.3 is 5.97 Å². The topological polar surface area (TPSA) is 57.6 Å². The third kappa shape index (κ3) is 3.00. The lowest BCUT2D eigenvalue weighted by molar-refractivity contribution is -0.137. The van der Waals surface area contributed by atoms with Crippen molar-refractivity contribution in [2.75, 3.05) is 11.4 Å². The summed E-state index contributed by atoms with van der Waals surface area (Å²) in [5.41, 5.74) is 3.09. The van der Waals surface area contributed by atoms with Crippen LogP contribution in [0.25, 0.3) is 0 Å². The van der Waals surface area contributed by atoms with E-state index in [-0.39, 0.29) is 18.2 Å². The molecule has 1 aromatic rings. The van der Waals surface area contributed by atoms with Crippen molar-refractivity contribution in [2.24, 2.45) is 0 Å². The molecule has 1 aliphatic heterocycles. The van der Waals surface area contributed by atoms with Gasteiger partial charge in [-0.3, -0.25) is 9.59 Å². The SMILES string of the molecule is CCc1ccc2c(c1)C(CC(=O)O)CCCN2C(C)=O. The molecule has 1 N–H and O–H groups in total. The summed E-state index contributed by atoms with van der Waals surface area (Å²) in [4.78, 5) is 24.7. The molecule has 0 radical (unpaired) electrons. The van der Waals surface area contributed by atoms with Crippen LogP contribution in [0.2, 0.25) is 0 Å². The summed E-state index contributed by atoms with van der Waals surface area (Å²) in [7, 11) is 0. The number of carboxylic acid groups (broad SMARTS) is 1. The van der Waals surface area contributed by atoms with E-state index in [0.717, 1.165) is 30.5 Å². The van der Waals surface area contributed by atoms with E-state index in [1.165, 1.54) is 5.56 Å². The molecule has 4 heteroatoms. The number of rotatable bonds is 3. The van der Waals surface area contributed by atoms with Crippen LogP contribution in [-0.2, 0) is 16.0 Å². The molecule has 4 nitrogen and oxygen atoms in total. The molecular weight excluding hydrogens is 254 g/mol. The van der Waals surface area contributed by atoms with Crippen molar-refractivity contribution < 1.29 is 14.7 Å². The van der Waals surface area contributed by atoms with Crippen LogP contribution in [0, 0.1) is 0 Å². The van der Waals surface area contributed by atoms with Gasteiger partial charge in [0.15, 0.2) is 0 Å². The van der Waals surface area contributed by atoms with E-state index in [0.29, 0.717) is 6.54 Å². The zero-order chi connectivity index (χ0) is 14.7. The van der Waals surface area contributed by atoms with Gasteiger partial charge in [-0.2, -0.15) is 0 Å². The summed E-state index contributed by atoms with van der Waals surface area (Å²) >= 11 is 0. The van der Waals surface area contributed by atoms with Crippen molar-refractivity contribution in [2.45, 2.75) is 45.4 Å². The molecule has 0 spiro atoms. The van der Waals surface area contributed by atoms with Gasteiger partial charge < -0.3 is 10.0 Å². The summed E-state index contributed by atoms with van der Waals surface area (Å²) < 4.78 is 0. The van der Waals surface area contributed by atoms with Crippen LogP contribution in [0.4, 0.5) is 5.69 Å². The summed E-state index contributed by atoms with van der Waals surface area (Å²) in [5, 5.41) is 9.10. The Hall–Kier alpha value is -1.84. The quantitative estimate of drug-likeness (QED) is 0.922. The lowest BCUT2D eigenvalue weighted by Crippen LogP contribution is -2.29. The minimum atomic E-state index is -0.779. The number of amides is 1. The molecule has 1 aromatic carbocycles. The first-order chi connectivity index (χ1) is 9.52. The third-order valence-corrected chi connectivity index (χ3v) is 3.97. The Labute approximate surface area is 119 Å². The highest BCUT2D eigenvalue weighted by Crippen LogP contribution is 2.37. The van der Waals surface area contributed by atoms with E-state index in [9.17, 15) is 9.59 Å². The maximum absolute atomic E-state index is 11.8. The Balaban J connectivity index is 2.48. The van der Waals surface area contributed by atoms with E-state index in [2.05, 4.69) is 13.0 Å². The van der Waals surface area contributed by atoms with Gasteiger partial charge in [-0.25, -0.2) is 0 Å². The largest absolute Gasteiger partial charge is 0.481 e. The van der Waals surface area contributed by atoms with Gasteiger partial charge in [-0.1, -0.05) is 19.1 Å². The Morgan fingerprint density at radius 2 is 2.15 bits per heavy atom. The molecule has 1 heterocycles. The van der Waals surface area contributed by atoms with Crippen LogP contribution >= 0.6 is 0 Å². The van der Waals surface area contributed by atoms with Gasteiger partial charge in [-0.05, 0) is 42.4 Å². The molecule has 0 fully saturated rings. The molecule has 1 unspecified atom stereocenters. The van der Waals surface area contributed by atoms with Crippen LogP contribution < -0.4 is 4.90 Å². The third-order valence-electron chi connectivity index (χ3n) is 3.97. The summed E-state index contributed by atoms with van der Waals surface area (Å²) in [6.45, 7) is 4.31. The maximum Gasteiger partial charge on any atom is 0.303 e. The highest BCUT2D eigenvalue weighted by atomic mass is 16.4. The fourth-order valence-electron chi connectivity index (χ4n) is 2.92. The predicted molar refractivity (Wildman–Crippen MR) is 78.1 cm³/mol. The van der Waals surface area contributed by atoms with Crippen LogP contribution in [0.3, 0.4) is 0 Å². The molecule has 0 bridgehead atoms. The average molecular weight is 275 g/mol. The molecule has 2 rings (SSSR count). The van der Waals surface area contributed by atoms with E-state index in [1.807, 2.05) is 12.1 Å². The monoisotopic (exact) mass is 275 g/mol. The highest BCUT2D eigenvalue weighted by molar-refractivity contribution is 5.92. The van der Waals surface area contributed by atoms with Crippen molar-refractivity contribution in [3.63, 3.8) is 0 Å². The summed E-state index contributed by atoms with van der Waals surface area (Å²) in [6.07, 6.45) is 2.70. The standard InChI is InChI=1S/C16H21NO3/c1-3-12-6-7-15-14(9-12)13(10-16(19)20)5-4-8-17(15)11(2)18/h6-7,9,13H,3-5,8,10H2,1-2H3,(H,19,20). The van der Waals surface area contributed by atoms with Gasteiger partial charge in [0.2, 0.25) is 5.91 Å². The number of hydrogen-bond acceptors (Lipinski definition) is 2. The average Bonchev–Trinajstić information content (AvgIpc) is 2.57. The van der Waals surface area contributed by atoms with Crippen LogP contribution in [-0.4, -0.2) is 23.5 Å². The number of aryl methyl sites for hydroxylation is 1. The lowest BCUT2D eigenvalue weighted by atomic mass is 9.89. The maximum atomic E-state index is 11.8. The second kappa shape index (κ2) is 6.07. The normalized spacial score (nSPS) is 18.3. The molecule has 20 heavy (non-hydrogen) atoms. The fourth-order valence-corrected chi connectivity index (χ4v) is 2.92. The number of carbonyl (C=O) groups is 2. The number of anilines is 1. The van der Waals surface area contributed by atoms with Gasteiger partial charge in [0.25, 0.3) is 0 Å².